The molecule has 0 atom stereocenters. The average Bonchev–Trinajstić information content (AvgIpc) is 3.12. The minimum Gasteiger partial charge on any atom is -0.478 e. The van der Waals surface area contributed by atoms with Gasteiger partial charge in [0.25, 0.3) is 0 Å². The molecule has 0 unspecified atom stereocenters. The van der Waals surface area contributed by atoms with Gasteiger partial charge in [0, 0.05) is 23.3 Å². The molecule has 98 valence electrons. The van der Waals surface area contributed by atoms with E-state index in [4.69, 9.17) is 9.84 Å². The lowest BCUT2D eigenvalue weighted by atomic mass is 10.2. The second-order valence-corrected chi connectivity index (χ2v) is 5.39. The van der Waals surface area contributed by atoms with Crippen LogP contribution in [0.3, 0.4) is 0 Å². The first kappa shape index (κ1) is 13.4. The van der Waals surface area contributed by atoms with Gasteiger partial charge in [-0.3, -0.25) is 0 Å². The highest BCUT2D eigenvalue weighted by atomic mass is 79.9. The first-order chi connectivity index (χ1) is 8.65. The zero-order chi connectivity index (χ0) is 13.0. The number of benzene rings is 1. The highest BCUT2D eigenvalue weighted by Crippen LogP contribution is 2.28. The third-order valence-corrected chi connectivity index (χ3v) is 3.23. The summed E-state index contributed by atoms with van der Waals surface area (Å²) < 4.78 is 6.25. The van der Waals surface area contributed by atoms with Crippen LogP contribution in [0.5, 0.6) is 0 Å². The van der Waals surface area contributed by atoms with Gasteiger partial charge in [-0.2, -0.15) is 0 Å². The number of hydrogen-bond donors (Lipinski definition) is 2. The fourth-order valence-electron chi connectivity index (χ4n) is 1.62. The lowest BCUT2D eigenvalue weighted by Gasteiger charge is -2.08. The molecule has 18 heavy (non-hydrogen) atoms. The SMILES string of the molecule is O=C(O)c1cc(Br)cc(NCCOCC2CC2)c1. The van der Waals surface area contributed by atoms with E-state index in [1.54, 1.807) is 12.1 Å². The Bertz CT molecular complexity index is 432. The first-order valence-electron chi connectivity index (χ1n) is 6.00. The number of carbonyl (C=O) groups is 1. The van der Waals surface area contributed by atoms with Crippen molar-refractivity contribution >= 4 is 27.6 Å². The van der Waals surface area contributed by atoms with Crippen LogP contribution in [0.2, 0.25) is 0 Å². The molecule has 0 heterocycles. The van der Waals surface area contributed by atoms with Gasteiger partial charge < -0.3 is 15.2 Å². The second kappa shape index (κ2) is 6.20. The van der Waals surface area contributed by atoms with Crippen molar-refractivity contribution in [1.29, 1.82) is 0 Å². The Morgan fingerprint density at radius 3 is 2.89 bits per heavy atom. The summed E-state index contributed by atoms with van der Waals surface area (Å²) in [5.41, 5.74) is 1.06. The van der Waals surface area contributed by atoms with E-state index >= 15 is 0 Å². The van der Waals surface area contributed by atoms with Crippen LogP contribution in [0, 0.1) is 5.92 Å². The smallest absolute Gasteiger partial charge is 0.335 e. The van der Waals surface area contributed by atoms with Gasteiger partial charge in [-0.1, -0.05) is 15.9 Å². The molecule has 0 aliphatic heterocycles. The van der Waals surface area contributed by atoms with Crippen molar-refractivity contribution < 1.29 is 14.6 Å². The van der Waals surface area contributed by atoms with E-state index in [0.29, 0.717) is 13.2 Å². The van der Waals surface area contributed by atoms with E-state index in [0.717, 1.165) is 22.7 Å². The van der Waals surface area contributed by atoms with Crippen LogP contribution in [-0.4, -0.2) is 30.8 Å². The quantitative estimate of drug-likeness (QED) is 0.760. The van der Waals surface area contributed by atoms with Gasteiger partial charge in [0.2, 0.25) is 0 Å². The lowest BCUT2D eigenvalue weighted by Crippen LogP contribution is -2.11. The average molecular weight is 314 g/mol. The molecule has 1 aliphatic carbocycles. The molecular formula is C13H16BrNO3. The molecule has 4 nitrogen and oxygen atoms in total. The molecule has 1 fully saturated rings. The van der Waals surface area contributed by atoms with Crippen LogP contribution in [0.15, 0.2) is 22.7 Å². The summed E-state index contributed by atoms with van der Waals surface area (Å²) in [7, 11) is 0. The maximum atomic E-state index is 10.9. The van der Waals surface area contributed by atoms with Gasteiger partial charge in [0.05, 0.1) is 12.2 Å². The Labute approximate surface area is 114 Å². The molecule has 0 radical (unpaired) electrons. The summed E-state index contributed by atoms with van der Waals surface area (Å²) in [6, 6.07) is 5.05. The summed E-state index contributed by atoms with van der Waals surface area (Å²) in [5.74, 6) is -0.154. The van der Waals surface area contributed by atoms with Crippen LogP contribution in [0.4, 0.5) is 5.69 Å². The fraction of sp³-hybridized carbons (Fsp3) is 0.462. The number of nitrogens with one attached hydrogen (secondary N) is 1. The van der Waals surface area contributed by atoms with Crippen LogP contribution in [0.1, 0.15) is 23.2 Å². The maximum Gasteiger partial charge on any atom is 0.335 e. The van der Waals surface area contributed by atoms with Gasteiger partial charge in [0.15, 0.2) is 0 Å². The summed E-state index contributed by atoms with van der Waals surface area (Å²) in [6.45, 7) is 2.17. The van der Waals surface area contributed by atoms with Crippen LogP contribution >= 0.6 is 15.9 Å². The monoisotopic (exact) mass is 313 g/mol. The molecule has 0 bridgehead atoms. The second-order valence-electron chi connectivity index (χ2n) is 4.48. The molecule has 0 amide bonds. The molecule has 0 aromatic heterocycles. The van der Waals surface area contributed by atoms with E-state index < -0.39 is 5.97 Å². The molecule has 2 N–H and O–H groups in total. The maximum absolute atomic E-state index is 10.9. The first-order valence-corrected chi connectivity index (χ1v) is 6.80. The number of anilines is 1. The van der Waals surface area contributed by atoms with E-state index in [1.165, 1.54) is 12.8 Å². The predicted molar refractivity (Wildman–Crippen MR) is 73.1 cm³/mol. The Hall–Kier alpha value is -1.07. The van der Waals surface area contributed by atoms with Gasteiger partial charge in [-0.25, -0.2) is 4.79 Å². The van der Waals surface area contributed by atoms with Crippen LogP contribution in [-0.2, 0) is 4.74 Å². The molecule has 2 rings (SSSR count). The molecule has 1 saturated carbocycles. The van der Waals surface area contributed by atoms with Gasteiger partial charge in [-0.05, 0) is 37.0 Å². The number of ether oxygens (including phenoxy) is 1. The Morgan fingerprint density at radius 2 is 2.22 bits per heavy atom. The van der Waals surface area contributed by atoms with E-state index in [9.17, 15) is 4.79 Å². The Morgan fingerprint density at radius 1 is 1.44 bits per heavy atom. The summed E-state index contributed by atoms with van der Waals surface area (Å²) in [4.78, 5) is 10.9. The van der Waals surface area contributed by atoms with E-state index in [2.05, 4.69) is 21.2 Å². The lowest BCUT2D eigenvalue weighted by molar-refractivity contribution is 0.0697. The summed E-state index contributed by atoms with van der Waals surface area (Å²) in [5, 5.41) is 12.1. The summed E-state index contributed by atoms with van der Waals surface area (Å²) in [6.07, 6.45) is 2.59. The van der Waals surface area contributed by atoms with Crippen LogP contribution < -0.4 is 5.32 Å². The van der Waals surface area contributed by atoms with Gasteiger partial charge in [0.1, 0.15) is 0 Å². The van der Waals surface area contributed by atoms with E-state index in [1.807, 2.05) is 6.07 Å². The van der Waals surface area contributed by atoms with Crippen molar-refractivity contribution in [3.05, 3.63) is 28.2 Å². The van der Waals surface area contributed by atoms with Gasteiger partial charge >= 0.3 is 5.97 Å². The van der Waals surface area contributed by atoms with Crippen molar-refractivity contribution in [2.75, 3.05) is 25.1 Å². The highest BCUT2D eigenvalue weighted by Gasteiger charge is 2.20. The normalized spacial score (nSPS) is 14.5. The third kappa shape index (κ3) is 4.31. The number of rotatable bonds is 7. The largest absolute Gasteiger partial charge is 0.478 e. The van der Waals surface area contributed by atoms with Crippen molar-refractivity contribution in [3.8, 4) is 0 Å². The molecule has 5 heteroatoms. The number of carboxylic acids is 1. The zero-order valence-electron chi connectivity index (χ0n) is 9.99. The third-order valence-electron chi connectivity index (χ3n) is 2.77. The number of halogens is 1. The minimum absolute atomic E-state index is 0.269. The van der Waals surface area contributed by atoms with Crippen molar-refractivity contribution in [2.45, 2.75) is 12.8 Å². The predicted octanol–water partition coefficient (Wildman–Crippen LogP) is 2.99. The number of aromatic carboxylic acids is 1. The highest BCUT2D eigenvalue weighted by molar-refractivity contribution is 9.10. The molecule has 1 aliphatic rings. The standard InChI is InChI=1S/C13H16BrNO3/c14-11-5-10(13(16)17)6-12(7-11)15-3-4-18-8-9-1-2-9/h5-7,9,15H,1-4,8H2,(H,16,17). The number of hydrogen-bond acceptors (Lipinski definition) is 3. The zero-order valence-corrected chi connectivity index (χ0v) is 11.6. The molecular weight excluding hydrogens is 298 g/mol. The molecule has 1 aromatic carbocycles. The van der Waals surface area contributed by atoms with E-state index in [-0.39, 0.29) is 5.56 Å². The Balaban J connectivity index is 1.78. The molecule has 0 saturated heterocycles. The van der Waals surface area contributed by atoms with Gasteiger partial charge in [-0.15, -0.1) is 0 Å². The summed E-state index contributed by atoms with van der Waals surface area (Å²) >= 11 is 3.30. The van der Waals surface area contributed by atoms with Crippen molar-refractivity contribution in [1.82, 2.24) is 0 Å². The molecule has 0 spiro atoms. The van der Waals surface area contributed by atoms with Crippen LogP contribution in [0.25, 0.3) is 0 Å². The minimum atomic E-state index is -0.927. The van der Waals surface area contributed by atoms with Crippen molar-refractivity contribution in [3.63, 3.8) is 0 Å². The Kier molecular flexibility index (Phi) is 4.60. The van der Waals surface area contributed by atoms with Crippen molar-refractivity contribution in [2.24, 2.45) is 5.92 Å². The number of carboxylic acid groups (broad SMARTS) is 1. The fourth-order valence-corrected chi connectivity index (χ4v) is 2.11. The molecule has 1 aromatic rings. The topological polar surface area (TPSA) is 58.6 Å².